The molecule has 1 aliphatic rings. The van der Waals surface area contributed by atoms with E-state index in [-0.39, 0.29) is 31.5 Å². The zero-order chi connectivity index (χ0) is 19.6. The largest absolute Gasteiger partial charge is 0.395 e. The normalized spacial score (nSPS) is 14.3. The smallest absolute Gasteiger partial charge is 0.278 e. The van der Waals surface area contributed by atoms with Crippen LogP contribution in [0.1, 0.15) is 16.7 Å². The van der Waals surface area contributed by atoms with Crippen molar-refractivity contribution in [2.75, 3.05) is 20.2 Å². The average molecular weight is 385 g/mol. The zero-order valence-corrected chi connectivity index (χ0v) is 16.0. The van der Waals surface area contributed by atoms with E-state index in [1.54, 1.807) is 36.2 Å². The minimum Gasteiger partial charge on any atom is -0.395 e. The fourth-order valence-electron chi connectivity index (χ4n) is 3.08. The Morgan fingerprint density at radius 3 is 2.22 bits per heavy atom. The number of nitrogens with zero attached hydrogens (tertiary/aromatic N) is 2. The first-order chi connectivity index (χ1) is 12.9. The summed E-state index contributed by atoms with van der Waals surface area (Å²) in [6, 6.07) is 14.6. The molecule has 0 unspecified atom stereocenters. The summed E-state index contributed by atoms with van der Waals surface area (Å²) in [5, 5.41) is 9.88. The number of carbonyl (C=O) groups is 2. The number of rotatable bonds is 6. The molecule has 2 aromatic carbocycles. The van der Waals surface area contributed by atoms with E-state index in [2.05, 4.69) is 0 Å². The summed E-state index contributed by atoms with van der Waals surface area (Å²) in [4.78, 5) is 29.0. The van der Waals surface area contributed by atoms with Crippen molar-refractivity contribution in [3.8, 4) is 0 Å². The minimum atomic E-state index is -0.360. The van der Waals surface area contributed by atoms with E-state index in [4.69, 9.17) is 11.6 Å². The Morgan fingerprint density at radius 1 is 1.00 bits per heavy atom. The van der Waals surface area contributed by atoms with Gasteiger partial charge in [-0.3, -0.25) is 14.5 Å². The first kappa shape index (κ1) is 19.1. The molecule has 0 bridgehead atoms. The Bertz CT molecular complexity index is 889. The van der Waals surface area contributed by atoms with Crippen LogP contribution in [0.2, 0.25) is 5.02 Å². The van der Waals surface area contributed by atoms with E-state index >= 15 is 0 Å². The number of benzene rings is 2. The molecule has 0 aliphatic carbocycles. The van der Waals surface area contributed by atoms with Crippen LogP contribution in [0.4, 0.5) is 0 Å². The lowest BCUT2D eigenvalue weighted by atomic mass is 10.0. The molecule has 6 heteroatoms. The number of hydrogen-bond donors (Lipinski definition) is 1. The topological polar surface area (TPSA) is 60.9 Å². The lowest BCUT2D eigenvalue weighted by Crippen LogP contribution is -2.34. The highest BCUT2D eigenvalue weighted by Gasteiger charge is 2.40. The number of aliphatic hydroxyl groups excluding tert-OH is 1. The van der Waals surface area contributed by atoms with Crippen LogP contribution in [0.5, 0.6) is 0 Å². The molecule has 0 atom stereocenters. The number of amides is 2. The van der Waals surface area contributed by atoms with Crippen LogP contribution >= 0.6 is 11.6 Å². The number of aliphatic hydroxyl groups is 1. The maximum absolute atomic E-state index is 13.1. The number of likely N-dealkylation sites (N-methyl/N-ethyl adjacent to an activating group) is 1. The summed E-state index contributed by atoms with van der Waals surface area (Å²) >= 11 is 5.92. The van der Waals surface area contributed by atoms with E-state index in [0.717, 1.165) is 11.1 Å². The van der Waals surface area contributed by atoms with Crippen LogP contribution in [0.25, 0.3) is 5.57 Å². The Hall–Kier alpha value is -2.63. The Morgan fingerprint density at radius 2 is 1.63 bits per heavy atom. The Balaban J connectivity index is 1.99. The van der Waals surface area contributed by atoms with Gasteiger partial charge < -0.3 is 10.0 Å². The second kappa shape index (κ2) is 7.94. The molecule has 1 heterocycles. The lowest BCUT2D eigenvalue weighted by molar-refractivity contribution is -0.138. The second-order valence-corrected chi connectivity index (χ2v) is 6.99. The third-order valence-electron chi connectivity index (χ3n) is 4.55. The van der Waals surface area contributed by atoms with Crippen LogP contribution in [0.15, 0.2) is 54.2 Å². The summed E-state index contributed by atoms with van der Waals surface area (Å²) < 4.78 is 0. The van der Waals surface area contributed by atoms with Crippen molar-refractivity contribution in [2.24, 2.45) is 0 Å². The molecular formula is C21H21ClN2O3. The highest BCUT2D eigenvalue weighted by molar-refractivity contribution is 6.35. The Labute approximate surface area is 163 Å². The highest BCUT2D eigenvalue weighted by atomic mass is 35.5. The van der Waals surface area contributed by atoms with Gasteiger partial charge in [-0.25, -0.2) is 0 Å². The van der Waals surface area contributed by atoms with Gasteiger partial charge in [0.2, 0.25) is 0 Å². The van der Waals surface area contributed by atoms with Gasteiger partial charge in [0.05, 0.1) is 18.7 Å². The SMILES string of the molecule is Cc1ccc(C2=C(N(C)CCO)C(=O)N(Cc3ccc(Cl)cc3)C2=O)cc1. The standard InChI is InChI=1S/C21H21ClN2O3/c1-14-3-7-16(8-4-14)18-19(23(2)11-12-25)21(27)24(20(18)26)13-15-5-9-17(22)10-6-15/h3-10,25H,11-13H2,1-2H3. The van der Waals surface area contributed by atoms with Gasteiger partial charge in [-0.05, 0) is 30.2 Å². The summed E-state index contributed by atoms with van der Waals surface area (Å²) in [6.07, 6.45) is 0. The molecule has 0 aromatic heterocycles. The van der Waals surface area contributed by atoms with Crippen molar-refractivity contribution < 1.29 is 14.7 Å². The number of imide groups is 1. The fourth-order valence-corrected chi connectivity index (χ4v) is 3.20. The third-order valence-corrected chi connectivity index (χ3v) is 4.81. The summed E-state index contributed by atoms with van der Waals surface area (Å²) in [6.45, 7) is 2.28. The third kappa shape index (κ3) is 3.89. The lowest BCUT2D eigenvalue weighted by Gasteiger charge is -2.20. The van der Waals surface area contributed by atoms with E-state index in [9.17, 15) is 14.7 Å². The summed E-state index contributed by atoms with van der Waals surface area (Å²) in [5.41, 5.74) is 3.25. The molecule has 0 fully saturated rings. The van der Waals surface area contributed by atoms with Crippen molar-refractivity contribution >= 4 is 29.0 Å². The van der Waals surface area contributed by atoms with Crippen LogP contribution in [-0.4, -0.2) is 46.9 Å². The highest BCUT2D eigenvalue weighted by Crippen LogP contribution is 2.32. The molecule has 3 rings (SSSR count). The first-order valence-electron chi connectivity index (χ1n) is 8.66. The van der Waals surface area contributed by atoms with Gasteiger partial charge in [-0.2, -0.15) is 0 Å². The van der Waals surface area contributed by atoms with Crippen molar-refractivity contribution in [1.29, 1.82) is 0 Å². The van der Waals surface area contributed by atoms with Crippen LogP contribution in [0.3, 0.4) is 0 Å². The molecule has 27 heavy (non-hydrogen) atoms. The average Bonchev–Trinajstić information content (AvgIpc) is 2.89. The van der Waals surface area contributed by atoms with Crippen molar-refractivity contribution in [3.63, 3.8) is 0 Å². The van der Waals surface area contributed by atoms with E-state index in [1.807, 2.05) is 31.2 Å². The molecule has 1 N–H and O–H groups in total. The van der Waals surface area contributed by atoms with Crippen LogP contribution in [0, 0.1) is 6.92 Å². The van der Waals surface area contributed by atoms with Gasteiger partial charge in [-0.15, -0.1) is 0 Å². The van der Waals surface area contributed by atoms with Crippen LogP contribution < -0.4 is 0 Å². The molecule has 0 spiro atoms. The van der Waals surface area contributed by atoms with Gasteiger partial charge in [0, 0.05) is 18.6 Å². The first-order valence-corrected chi connectivity index (χ1v) is 9.04. The van der Waals surface area contributed by atoms with Crippen LogP contribution in [-0.2, 0) is 16.1 Å². The number of hydrogen-bond acceptors (Lipinski definition) is 4. The molecule has 0 radical (unpaired) electrons. The monoisotopic (exact) mass is 384 g/mol. The molecule has 0 saturated carbocycles. The van der Waals surface area contributed by atoms with Crippen molar-refractivity contribution in [2.45, 2.75) is 13.5 Å². The zero-order valence-electron chi connectivity index (χ0n) is 15.3. The predicted molar refractivity (Wildman–Crippen MR) is 105 cm³/mol. The molecule has 5 nitrogen and oxygen atoms in total. The van der Waals surface area contributed by atoms with Crippen molar-refractivity contribution in [1.82, 2.24) is 9.80 Å². The molecule has 2 aromatic rings. The molecule has 1 aliphatic heterocycles. The number of aryl methyl sites for hydroxylation is 1. The summed E-state index contributed by atoms with van der Waals surface area (Å²) in [5.74, 6) is -0.694. The minimum absolute atomic E-state index is 0.111. The quantitative estimate of drug-likeness (QED) is 0.778. The van der Waals surface area contributed by atoms with Crippen molar-refractivity contribution in [3.05, 3.63) is 75.9 Å². The fraction of sp³-hybridized carbons (Fsp3) is 0.238. The molecule has 2 amide bonds. The maximum Gasteiger partial charge on any atom is 0.278 e. The van der Waals surface area contributed by atoms with E-state index in [1.165, 1.54) is 4.90 Å². The molecule has 0 saturated heterocycles. The second-order valence-electron chi connectivity index (χ2n) is 6.56. The van der Waals surface area contributed by atoms with Gasteiger partial charge >= 0.3 is 0 Å². The molecular weight excluding hydrogens is 364 g/mol. The number of carbonyl (C=O) groups excluding carboxylic acids is 2. The van der Waals surface area contributed by atoms with Gasteiger partial charge in [0.15, 0.2) is 0 Å². The Kier molecular flexibility index (Phi) is 5.63. The van der Waals surface area contributed by atoms with Gasteiger partial charge in [0.25, 0.3) is 11.8 Å². The maximum atomic E-state index is 13.1. The predicted octanol–water partition coefficient (Wildman–Crippen LogP) is 2.85. The van der Waals surface area contributed by atoms with Gasteiger partial charge in [-0.1, -0.05) is 53.6 Å². The number of halogens is 1. The van der Waals surface area contributed by atoms with Gasteiger partial charge in [0.1, 0.15) is 5.70 Å². The molecule has 140 valence electrons. The summed E-state index contributed by atoms with van der Waals surface area (Å²) in [7, 11) is 1.71. The van der Waals surface area contributed by atoms with E-state index < -0.39 is 0 Å². The van der Waals surface area contributed by atoms with E-state index in [0.29, 0.717) is 21.9 Å².